The highest BCUT2D eigenvalue weighted by Crippen LogP contribution is 2.34. The summed E-state index contributed by atoms with van der Waals surface area (Å²) in [6, 6.07) is 1.26. The largest absolute Gasteiger partial charge is 0.342 e. The number of likely N-dealkylation sites (tertiary alicyclic amines) is 2. The van der Waals surface area contributed by atoms with Crippen molar-refractivity contribution in [3.63, 3.8) is 0 Å². The molecule has 0 aromatic carbocycles. The van der Waals surface area contributed by atoms with E-state index in [0.29, 0.717) is 24.4 Å². The Labute approximate surface area is 144 Å². The maximum atomic E-state index is 12.6. The first-order chi connectivity index (χ1) is 11.5. The summed E-state index contributed by atoms with van der Waals surface area (Å²) in [7, 11) is 6.53. The molecule has 0 spiro atoms. The van der Waals surface area contributed by atoms with Crippen molar-refractivity contribution >= 4 is 5.91 Å². The van der Waals surface area contributed by atoms with Crippen molar-refractivity contribution in [3.05, 3.63) is 24.3 Å². The van der Waals surface area contributed by atoms with Gasteiger partial charge in [0.2, 0.25) is 5.91 Å². The molecule has 2 aliphatic heterocycles. The Morgan fingerprint density at radius 2 is 2.08 bits per heavy atom. The van der Waals surface area contributed by atoms with Gasteiger partial charge in [-0.2, -0.15) is 0 Å². The molecule has 6 heteroatoms. The zero-order valence-electron chi connectivity index (χ0n) is 15.1. The molecule has 3 rings (SSSR count). The summed E-state index contributed by atoms with van der Waals surface area (Å²) >= 11 is 0. The highest BCUT2D eigenvalue weighted by molar-refractivity contribution is 5.76. The Bertz CT molecular complexity index is 550. The van der Waals surface area contributed by atoms with Gasteiger partial charge < -0.3 is 9.80 Å². The third-order valence-corrected chi connectivity index (χ3v) is 5.54. The molecule has 3 heterocycles. The lowest BCUT2D eigenvalue weighted by Gasteiger charge is -2.37. The molecule has 3 atom stereocenters. The average Bonchev–Trinajstić information content (AvgIpc) is 2.88. The number of piperidine rings is 1. The Hall–Kier alpha value is -1.53. The van der Waals surface area contributed by atoms with E-state index in [1.54, 1.807) is 12.4 Å². The van der Waals surface area contributed by atoms with E-state index in [2.05, 4.69) is 45.8 Å². The van der Waals surface area contributed by atoms with E-state index in [0.717, 1.165) is 38.0 Å². The Kier molecular flexibility index (Phi) is 5.46. The van der Waals surface area contributed by atoms with E-state index in [-0.39, 0.29) is 5.91 Å². The van der Waals surface area contributed by atoms with Gasteiger partial charge in [-0.25, -0.2) is 9.97 Å². The summed E-state index contributed by atoms with van der Waals surface area (Å²) in [5, 5.41) is 0. The average molecular weight is 331 g/mol. The van der Waals surface area contributed by atoms with Gasteiger partial charge in [0.1, 0.15) is 6.33 Å². The summed E-state index contributed by atoms with van der Waals surface area (Å²) in [5.74, 6) is 0.897. The molecule has 0 radical (unpaired) electrons. The van der Waals surface area contributed by atoms with E-state index < -0.39 is 0 Å². The van der Waals surface area contributed by atoms with Crippen LogP contribution in [0.3, 0.4) is 0 Å². The fourth-order valence-corrected chi connectivity index (χ4v) is 4.29. The van der Waals surface area contributed by atoms with Gasteiger partial charge in [0.25, 0.3) is 0 Å². The van der Waals surface area contributed by atoms with Gasteiger partial charge in [0, 0.05) is 50.5 Å². The second-order valence-electron chi connectivity index (χ2n) is 7.52. The first-order valence-corrected chi connectivity index (χ1v) is 8.93. The maximum Gasteiger partial charge on any atom is 0.222 e. The van der Waals surface area contributed by atoms with Crippen molar-refractivity contribution in [1.82, 2.24) is 24.7 Å². The van der Waals surface area contributed by atoms with Crippen LogP contribution in [0.5, 0.6) is 0 Å². The van der Waals surface area contributed by atoms with E-state index in [4.69, 9.17) is 0 Å². The molecule has 24 heavy (non-hydrogen) atoms. The molecule has 6 nitrogen and oxygen atoms in total. The van der Waals surface area contributed by atoms with Crippen molar-refractivity contribution in [3.8, 4) is 0 Å². The quantitative estimate of drug-likeness (QED) is 0.802. The number of carbonyl (C=O) groups excluding carboxylic acids is 1. The molecule has 0 N–H and O–H groups in total. The van der Waals surface area contributed by atoms with Crippen molar-refractivity contribution in [1.29, 1.82) is 0 Å². The number of amides is 1. The zero-order valence-corrected chi connectivity index (χ0v) is 15.1. The van der Waals surface area contributed by atoms with Crippen LogP contribution < -0.4 is 0 Å². The summed E-state index contributed by atoms with van der Waals surface area (Å²) < 4.78 is 0. The minimum absolute atomic E-state index is 0.274. The predicted molar refractivity (Wildman–Crippen MR) is 93.6 cm³/mol. The lowest BCUT2D eigenvalue weighted by atomic mass is 9.92. The highest BCUT2D eigenvalue weighted by atomic mass is 16.2. The zero-order chi connectivity index (χ0) is 17.1. The van der Waals surface area contributed by atoms with Crippen LogP contribution in [0.1, 0.15) is 24.8 Å². The van der Waals surface area contributed by atoms with Gasteiger partial charge in [0.15, 0.2) is 0 Å². The lowest BCUT2D eigenvalue weighted by Crippen LogP contribution is -2.48. The number of likely N-dealkylation sites (N-methyl/N-ethyl adjacent to an activating group) is 2. The van der Waals surface area contributed by atoms with Gasteiger partial charge in [0.05, 0.1) is 0 Å². The van der Waals surface area contributed by atoms with Crippen LogP contribution in [-0.4, -0.2) is 83.4 Å². The van der Waals surface area contributed by atoms with Gasteiger partial charge in [-0.1, -0.05) is 0 Å². The Morgan fingerprint density at radius 3 is 2.79 bits per heavy atom. The van der Waals surface area contributed by atoms with Crippen molar-refractivity contribution in [2.24, 2.45) is 5.92 Å². The molecule has 0 bridgehead atoms. The number of nitrogens with zero attached hydrogens (tertiary/aromatic N) is 5. The normalized spacial score (nSPS) is 27.5. The van der Waals surface area contributed by atoms with Crippen molar-refractivity contribution < 1.29 is 4.79 Å². The molecular formula is C18H29N5O. The van der Waals surface area contributed by atoms with E-state index in [9.17, 15) is 4.79 Å². The number of rotatable bonds is 5. The standard InChI is InChI=1S/C18H29N5O/c1-21(2)12-16-8-15-11-23(7-6-17(15)22(16)3)18(24)5-4-14-9-19-13-20-10-14/h9-10,13,15-17H,4-8,11-12H2,1-3H3/t15-,16+,17+/m1/s1. The smallest absolute Gasteiger partial charge is 0.222 e. The van der Waals surface area contributed by atoms with E-state index in [1.165, 1.54) is 12.7 Å². The van der Waals surface area contributed by atoms with Crippen LogP contribution in [0.15, 0.2) is 18.7 Å². The van der Waals surface area contributed by atoms with Crippen LogP contribution >= 0.6 is 0 Å². The van der Waals surface area contributed by atoms with E-state index >= 15 is 0 Å². The summed E-state index contributed by atoms with van der Waals surface area (Å²) in [4.78, 5) is 27.5. The number of aromatic nitrogens is 2. The molecule has 1 amide bonds. The molecule has 2 aliphatic rings. The number of hydrogen-bond acceptors (Lipinski definition) is 5. The molecular weight excluding hydrogens is 302 g/mol. The minimum atomic E-state index is 0.274. The predicted octanol–water partition coefficient (Wildman–Crippen LogP) is 0.892. The summed E-state index contributed by atoms with van der Waals surface area (Å²) in [5.41, 5.74) is 1.03. The third kappa shape index (κ3) is 3.92. The molecule has 2 fully saturated rings. The van der Waals surface area contributed by atoms with Crippen LogP contribution in [0, 0.1) is 5.92 Å². The van der Waals surface area contributed by atoms with Crippen LogP contribution in [0.4, 0.5) is 0 Å². The minimum Gasteiger partial charge on any atom is -0.342 e. The topological polar surface area (TPSA) is 52.6 Å². The SMILES string of the molecule is CN(C)C[C@@H]1C[C@@H]2CN(C(=O)CCc3cncnc3)CC[C@@H]2N1C. The molecule has 2 saturated heterocycles. The fourth-order valence-electron chi connectivity index (χ4n) is 4.29. The molecule has 132 valence electrons. The molecule has 0 aliphatic carbocycles. The summed E-state index contributed by atoms with van der Waals surface area (Å²) in [6.45, 7) is 2.92. The van der Waals surface area contributed by atoms with Crippen LogP contribution in [-0.2, 0) is 11.2 Å². The molecule has 0 unspecified atom stereocenters. The molecule has 1 aromatic heterocycles. The lowest BCUT2D eigenvalue weighted by molar-refractivity contribution is -0.133. The number of carbonyl (C=O) groups is 1. The summed E-state index contributed by atoms with van der Waals surface area (Å²) in [6.07, 6.45) is 8.71. The fraction of sp³-hybridized carbons (Fsp3) is 0.722. The Morgan fingerprint density at radius 1 is 1.33 bits per heavy atom. The van der Waals surface area contributed by atoms with Gasteiger partial charge in [-0.15, -0.1) is 0 Å². The maximum absolute atomic E-state index is 12.6. The Balaban J connectivity index is 1.52. The van der Waals surface area contributed by atoms with E-state index in [1.807, 2.05) is 0 Å². The second kappa shape index (κ2) is 7.57. The van der Waals surface area contributed by atoms with Crippen LogP contribution in [0.25, 0.3) is 0 Å². The van der Waals surface area contributed by atoms with Crippen LogP contribution in [0.2, 0.25) is 0 Å². The van der Waals surface area contributed by atoms with Gasteiger partial charge in [-0.3, -0.25) is 9.69 Å². The third-order valence-electron chi connectivity index (χ3n) is 5.54. The number of hydrogen-bond donors (Lipinski definition) is 0. The van der Waals surface area contributed by atoms with Gasteiger partial charge in [-0.05, 0) is 51.9 Å². The molecule has 0 saturated carbocycles. The number of fused-ring (bicyclic) bond motifs is 1. The van der Waals surface area contributed by atoms with Crippen molar-refractivity contribution in [2.45, 2.75) is 37.8 Å². The van der Waals surface area contributed by atoms with Crippen molar-refractivity contribution in [2.75, 3.05) is 40.8 Å². The number of aryl methyl sites for hydroxylation is 1. The monoisotopic (exact) mass is 331 g/mol. The second-order valence-corrected chi connectivity index (χ2v) is 7.52. The van der Waals surface area contributed by atoms with Gasteiger partial charge >= 0.3 is 0 Å². The first kappa shape index (κ1) is 17.3. The highest BCUT2D eigenvalue weighted by Gasteiger charge is 2.42. The first-order valence-electron chi connectivity index (χ1n) is 8.93. The molecule has 1 aromatic rings.